The van der Waals surface area contributed by atoms with Crippen LogP contribution in [0.15, 0.2) is 23.1 Å². The Bertz CT molecular complexity index is 722. The summed E-state index contributed by atoms with van der Waals surface area (Å²) in [6.07, 6.45) is 1.19. The van der Waals surface area contributed by atoms with Gasteiger partial charge in [-0.2, -0.15) is 0 Å². The minimum Gasteiger partial charge on any atom is -0.335 e. The van der Waals surface area contributed by atoms with E-state index in [4.69, 9.17) is 0 Å². The SMILES string of the molecule is O=C(Cn1c(=O)[nH]c2ncccc21)N1CCC(F)(F)C1. The third-order valence-electron chi connectivity index (χ3n) is 3.36. The highest BCUT2D eigenvalue weighted by molar-refractivity contribution is 5.79. The molecular weight excluding hydrogens is 270 g/mol. The molecule has 0 spiro atoms. The quantitative estimate of drug-likeness (QED) is 0.876. The third-order valence-corrected chi connectivity index (χ3v) is 3.36. The maximum atomic E-state index is 13.1. The summed E-state index contributed by atoms with van der Waals surface area (Å²) in [5, 5.41) is 0. The molecule has 3 heterocycles. The monoisotopic (exact) mass is 282 g/mol. The highest BCUT2D eigenvalue weighted by Crippen LogP contribution is 2.26. The summed E-state index contributed by atoms with van der Waals surface area (Å²) in [7, 11) is 0. The van der Waals surface area contributed by atoms with Crippen LogP contribution in [0.1, 0.15) is 6.42 Å². The summed E-state index contributed by atoms with van der Waals surface area (Å²) in [6, 6.07) is 3.28. The Hall–Kier alpha value is -2.25. The van der Waals surface area contributed by atoms with E-state index in [0.717, 1.165) is 4.90 Å². The van der Waals surface area contributed by atoms with Gasteiger partial charge in [-0.25, -0.2) is 18.6 Å². The lowest BCUT2D eigenvalue weighted by atomic mass is 10.3. The molecule has 8 heteroatoms. The molecule has 20 heavy (non-hydrogen) atoms. The molecule has 0 saturated carbocycles. The van der Waals surface area contributed by atoms with Crippen molar-refractivity contribution in [2.24, 2.45) is 0 Å². The number of H-pyrrole nitrogens is 1. The van der Waals surface area contributed by atoms with E-state index in [1.54, 1.807) is 12.1 Å². The Balaban J connectivity index is 1.85. The Labute approximate surface area is 112 Å². The van der Waals surface area contributed by atoms with Gasteiger partial charge in [0.05, 0.1) is 12.1 Å². The Morgan fingerprint density at radius 1 is 1.50 bits per heavy atom. The molecule has 3 rings (SSSR count). The van der Waals surface area contributed by atoms with E-state index in [2.05, 4.69) is 9.97 Å². The normalized spacial score (nSPS) is 17.8. The number of imidazole rings is 1. The number of likely N-dealkylation sites (tertiary alicyclic amines) is 1. The van der Waals surface area contributed by atoms with Gasteiger partial charge in [-0.15, -0.1) is 0 Å². The van der Waals surface area contributed by atoms with E-state index in [-0.39, 0.29) is 19.5 Å². The van der Waals surface area contributed by atoms with Gasteiger partial charge in [0.15, 0.2) is 5.65 Å². The van der Waals surface area contributed by atoms with Crippen molar-refractivity contribution in [1.29, 1.82) is 0 Å². The van der Waals surface area contributed by atoms with Crippen LogP contribution in [0.5, 0.6) is 0 Å². The van der Waals surface area contributed by atoms with Gasteiger partial charge < -0.3 is 4.90 Å². The largest absolute Gasteiger partial charge is 0.335 e. The van der Waals surface area contributed by atoms with Crippen molar-refractivity contribution in [1.82, 2.24) is 19.4 Å². The number of carbonyl (C=O) groups excluding carboxylic acids is 1. The van der Waals surface area contributed by atoms with Crippen molar-refractivity contribution in [2.45, 2.75) is 18.9 Å². The van der Waals surface area contributed by atoms with Gasteiger partial charge >= 0.3 is 5.69 Å². The lowest BCUT2D eigenvalue weighted by Gasteiger charge is -2.16. The van der Waals surface area contributed by atoms with Gasteiger partial charge in [0.2, 0.25) is 5.91 Å². The zero-order valence-electron chi connectivity index (χ0n) is 10.5. The minimum absolute atomic E-state index is 0.0151. The second kappa shape index (κ2) is 4.39. The van der Waals surface area contributed by atoms with Crippen molar-refractivity contribution in [3.05, 3.63) is 28.8 Å². The fourth-order valence-electron chi connectivity index (χ4n) is 2.33. The molecule has 1 amide bonds. The van der Waals surface area contributed by atoms with Gasteiger partial charge in [0, 0.05) is 19.2 Å². The number of rotatable bonds is 2. The van der Waals surface area contributed by atoms with Crippen molar-refractivity contribution < 1.29 is 13.6 Å². The van der Waals surface area contributed by atoms with Crippen molar-refractivity contribution >= 4 is 17.1 Å². The lowest BCUT2D eigenvalue weighted by molar-refractivity contribution is -0.132. The molecule has 6 nitrogen and oxygen atoms in total. The molecule has 0 atom stereocenters. The summed E-state index contributed by atoms with van der Waals surface area (Å²) >= 11 is 0. The smallest absolute Gasteiger partial charge is 0.328 e. The first kappa shape index (κ1) is 12.8. The zero-order chi connectivity index (χ0) is 14.3. The molecule has 2 aromatic heterocycles. The fraction of sp³-hybridized carbons (Fsp3) is 0.417. The standard InChI is InChI=1S/C12H12F2N4O2/c13-12(14)3-5-17(7-12)9(19)6-18-8-2-1-4-15-10(8)16-11(18)20/h1-2,4H,3,5-7H2,(H,15,16,20). The number of halogens is 2. The van der Waals surface area contributed by atoms with Gasteiger partial charge in [0.25, 0.3) is 5.92 Å². The number of carbonyl (C=O) groups is 1. The van der Waals surface area contributed by atoms with Gasteiger partial charge in [0.1, 0.15) is 6.54 Å². The molecular formula is C12H12F2N4O2. The van der Waals surface area contributed by atoms with Crippen LogP contribution >= 0.6 is 0 Å². The molecule has 0 unspecified atom stereocenters. The summed E-state index contributed by atoms with van der Waals surface area (Å²) in [5.74, 6) is -3.32. The van der Waals surface area contributed by atoms with Crippen LogP contribution in [0.2, 0.25) is 0 Å². The molecule has 0 bridgehead atoms. The second-order valence-corrected chi connectivity index (χ2v) is 4.81. The number of fused-ring (bicyclic) bond motifs is 1. The fourth-order valence-corrected chi connectivity index (χ4v) is 2.33. The van der Waals surface area contributed by atoms with Crippen LogP contribution < -0.4 is 5.69 Å². The molecule has 0 aliphatic carbocycles. The van der Waals surface area contributed by atoms with Crippen molar-refractivity contribution in [2.75, 3.05) is 13.1 Å². The van der Waals surface area contributed by atoms with Gasteiger partial charge in [-0.1, -0.05) is 0 Å². The van der Waals surface area contributed by atoms with Crippen LogP contribution in [-0.4, -0.2) is 44.4 Å². The molecule has 1 N–H and O–H groups in total. The molecule has 1 aliphatic rings. The average Bonchev–Trinajstić information content (AvgIpc) is 2.91. The first-order valence-electron chi connectivity index (χ1n) is 6.15. The molecule has 0 aromatic carbocycles. The first-order chi connectivity index (χ1) is 9.46. The van der Waals surface area contributed by atoms with Crippen LogP contribution in [0.25, 0.3) is 11.2 Å². The second-order valence-electron chi connectivity index (χ2n) is 4.81. The number of pyridine rings is 1. The topological polar surface area (TPSA) is 71.0 Å². The molecule has 1 saturated heterocycles. The number of nitrogens with zero attached hydrogens (tertiary/aromatic N) is 3. The van der Waals surface area contributed by atoms with Crippen LogP contribution in [-0.2, 0) is 11.3 Å². The summed E-state index contributed by atoms with van der Waals surface area (Å²) in [6.45, 7) is -0.830. The van der Waals surface area contributed by atoms with Gasteiger partial charge in [-0.05, 0) is 12.1 Å². The first-order valence-corrected chi connectivity index (χ1v) is 6.15. The zero-order valence-corrected chi connectivity index (χ0v) is 10.5. The summed E-state index contributed by atoms with van der Waals surface area (Å²) < 4.78 is 27.4. The number of aromatic nitrogens is 3. The highest BCUT2D eigenvalue weighted by atomic mass is 19.3. The number of hydrogen-bond donors (Lipinski definition) is 1. The van der Waals surface area contributed by atoms with E-state index < -0.39 is 24.1 Å². The Morgan fingerprint density at radius 2 is 2.30 bits per heavy atom. The molecule has 106 valence electrons. The van der Waals surface area contributed by atoms with Crippen molar-refractivity contribution in [3.8, 4) is 0 Å². The molecule has 1 fully saturated rings. The maximum Gasteiger partial charge on any atom is 0.328 e. The van der Waals surface area contributed by atoms with Crippen LogP contribution in [0.4, 0.5) is 8.78 Å². The predicted molar refractivity (Wildman–Crippen MR) is 66.5 cm³/mol. The van der Waals surface area contributed by atoms with E-state index in [1.807, 2.05) is 0 Å². The highest BCUT2D eigenvalue weighted by Gasteiger charge is 2.40. The van der Waals surface area contributed by atoms with E-state index >= 15 is 0 Å². The Kier molecular flexibility index (Phi) is 2.81. The van der Waals surface area contributed by atoms with Crippen molar-refractivity contribution in [3.63, 3.8) is 0 Å². The molecule has 2 aromatic rings. The number of amides is 1. The van der Waals surface area contributed by atoms with Gasteiger partial charge in [-0.3, -0.25) is 14.3 Å². The number of nitrogens with one attached hydrogen (secondary N) is 1. The van der Waals surface area contributed by atoms with Crippen LogP contribution in [0.3, 0.4) is 0 Å². The van der Waals surface area contributed by atoms with E-state index in [0.29, 0.717) is 11.2 Å². The van der Waals surface area contributed by atoms with E-state index in [1.165, 1.54) is 10.8 Å². The third kappa shape index (κ3) is 2.17. The molecule has 0 radical (unpaired) electrons. The summed E-state index contributed by atoms with van der Waals surface area (Å²) in [5.41, 5.74) is 0.381. The lowest BCUT2D eigenvalue weighted by Crippen LogP contribution is -2.36. The number of alkyl halides is 2. The Morgan fingerprint density at radius 3 is 3.00 bits per heavy atom. The summed E-state index contributed by atoms with van der Waals surface area (Å²) in [4.78, 5) is 31.3. The minimum atomic E-state index is -2.83. The predicted octanol–water partition coefficient (Wildman–Crippen LogP) is 0.592. The van der Waals surface area contributed by atoms with Crippen LogP contribution in [0, 0.1) is 0 Å². The van der Waals surface area contributed by atoms with E-state index in [9.17, 15) is 18.4 Å². The number of aromatic amines is 1. The average molecular weight is 282 g/mol. The maximum absolute atomic E-state index is 13.1. The number of hydrogen-bond acceptors (Lipinski definition) is 3. The molecule has 1 aliphatic heterocycles.